The van der Waals surface area contributed by atoms with Crippen molar-refractivity contribution in [2.75, 3.05) is 13.6 Å². The minimum absolute atomic E-state index is 0.113. The molecule has 1 N–H and O–H groups in total. The van der Waals surface area contributed by atoms with Crippen molar-refractivity contribution in [1.82, 2.24) is 5.32 Å². The summed E-state index contributed by atoms with van der Waals surface area (Å²) >= 11 is 1.80. The Kier molecular flexibility index (Phi) is 2.94. The van der Waals surface area contributed by atoms with Crippen molar-refractivity contribution >= 4 is 11.8 Å². The van der Waals surface area contributed by atoms with Crippen molar-refractivity contribution in [3.05, 3.63) is 23.8 Å². The molecule has 0 saturated carbocycles. The fourth-order valence-corrected chi connectivity index (χ4v) is 2.81. The van der Waals surface area contributed by atoms with E-state index >= 15 is 0 Å². The van der Waals surface area contributed by atoms with Crippen LogP contribution in [-0.2, 0) is 6.42 Å². The summed E-state index contributed by atoms with van der Waals surface area (Å²) in [5.41, 5.74) is 1.31. The molecule has 0 aliphatic carbocycles. The number of rotatable bonds is 3. The van der Waals surface area contributed by atoms with Gasteiger partial charge < -0.3 is 10.1 Å². The fourth-order valence-electron chi connectivity index (χ4n) is 1.75. The fraction of sp³-hybridized carbons (Fsp3) is 0.500. The third kappa shape index (κ3) is 2.29. The Hall–Kier alpha value is -0.670. The molecule has 1 aliphatic rings. The van der Waals surface area contributed by atoms with E-state index in [2.05, 4.69) is 37.4 Å². The number of para-hydroxylation sites is 1. The van der Waals surface area contributed by atoms with Crippen LogP contribution in [0.4, 0.5) is 0 Å². The summed E-state index contributed by atoms with van der Waals surface area (Å²) in [4.78, 5) is 1.16. The molecule has 0 aromatic heterocycles. The molecule has 0 radical (unpaired) electrons. The normalized spacial score (nSPS) is 17.3. The van der Waals surface area contributed by atoms with Gasteiger partial charge in [-0.05, 0) is 45.5 Å². The van der Waals surface area contributed by atoms with E-state index < -0.39 is 0 Å². The summed E-state index contributed by atoms with van der Waals surface area (Å²) in [7, 11) is 1.97. The Morgan fingerprint density at radius 1 is 1.40 bits per heavy atom. The van der Waals surface area contributed by atoms with Gasteiger partial charge in [0.25, 0.3) is 0 Å². The van der Waals surface area contributed by atoms with Crippen LogP contribution in [0.2, 0.25) is 0 Å². The van der Waals surface area contributed by atoms with Crippen LogP contribution in [0.25, 0.3) is 0 Å². The van der Waals surface area contributed by atoms with Crippen LogP contribution in [-0.4, -0.2) is 18.5 Å². The van der Waals surface area contributed by atoms with Gasteiger partial charge in [0, 0.05) is 0 Å². The zero-order chi connectivity index (χ0) is 10.9. The minimum atomic E-state index is -0.113. The summed E-state index contributed by atoms with van der Waals surface area (Å²) in [5, 5.41) is 3.17. The smallest absolute Gasteiger partial charge is 0.153 e. The summed E-state index contributed by atoms with van der Waals surface area (Å²) in [6.07, 6.45) is 1.02. The zero-order valence-electron chi connectivity index (χ0n) is 9.46. The highest BCUT2D eigenvalue weighted by molar-refractivity contribution is 8.00. The van der Waals surface area contributed by atoms with Crippen LogP contribution >= 0.6 is 11.8 Å². The number of hydrogen-bond acceptors (Lipinski definition) is 3. The van der Waals surface area contributed by atoms with E-state index in [0.29, 0.717) is 0 Å². The third-order valence-corrected chi connectivity index (χ3v) is 3.52. The Balaban J connectivity index is 2.25. The van der Waals surface area contributed by atoms with Crippen molar-refractivity contribution in [2.45, 2.75) is 30.1 Å². The van der Waals surface area contributed by atoms with Crippen molar-refractivity contribution in [3.8, 4) is 5.75 Å². The van der Waals surface area contributed by atoms with E-state index in [1.807, 2.05) is 7.05 Å². The lowest BCUT2D eigenvalue weighted by Crippen LogP contribution is -2.19. The van der Waals surface area contributed by atoms with Gasteiger partial charge in [-0.15, -0.1) is 0 Å². The predicted octanol–water partition coefficient (Wildman–Crippen LogP) is 2.67. The first kappa shape index (κ1) is 10.8. The predicted molar refractivity (Wildman–Crippen MR) is 64.6 cm³/mol. The van der Waals surface area contributed by atoms with Crippen LogP contribution in [0.1, 0.15) is 19.4 Å². The minimum Gasteiger partial charge on any atom is -0.475 e. The van der Waals surface area contributed by atoms with E-state index in [4.69, 9.17) is 4.74 Å². The van der Waals surface area contributed by atoms with Crippen LogP contribution < -0.4 is 10.1 Å². The maximum Gasteiger partial charge on any atom is 0.153 e. The van der Waals surface area contributed by atoms with Gasteiger partial charge >= 0.3 is 0 Å². The average molecular weight is 223 g/mol. The summed E-state index contributed by atoms with van der Waals surface area (Å²) < 4.78 is 5.96. The van der Waals surface area contributed by atoms with Gasteiger partial charge in [0.2, 0.25) is 0 Å². The molecule has 1 aliphatic heterocycles. The first-order chi connectivity index (χ1) is 7.12. The number of benzene rings is 1. The Morgan fingerprint density at radius 2 is 2.20 bits per heavy atom. The van der Waals surface area contributed by atoms with Crippen LogP contribution in [0.5, 0.6) is 5.75 Å². The van der Waals surface area contributed by atoms with E-state index in [0.717, 1.165) is 18.7 Å². The number of nitrogens with one attached hydrogen (secondary N) is 1. The molecule has 3 heteroatoms. The zero-order valence-corrected chi connectivity index (χ0v) is 10.3. The highest BCUT2D eigenvalue weighted by Crippen LogP contribution is 2.48. The molecule has 0 amide bonds. The van der Waals surface area contributed by atoms with Gasteiger partial charge in [0.1, 0.15) is 5.75 Å². The Morgan fingerprint density at radius 3 is 2.93 bits per heavy atom. The van der Waals surface area contributed by atoms with Crippen molar-refractivity contribution in [1.29, 1.82) is 0 Å². The molecular formula is C12H17NOS. The van der Waals surface area contributed by atoms with E-state index in [1.54, 1.807) is 11.8 Å². The van der Waals surface area contributed by atoms with Crippen molar-refractivity contribution < 1.29 is 4.74 Å². The lowest BCUT2D eigenvalue weighted by atomic mass is 10.1. The maximum atomic E-state index is 5.96. The van der Waals surface area contributed by atoms with Gasteiger partial charge in [0.05, 0.1) is 4.90 Å². The van der Waals surface area contributed by atoms with Crippen LogP contribution in [0.15, 0.2) is 23.1 Å². The molecule has 0 unspecified atom stereocenters. The van der Waals surface area contributed by atoms with Crippen LogP contribution in [0, 0.1) is 0 Å². The number of fused-ring (bicyclic) bond motifs is 1. The lowest BCUT2D eigenvalue weighted by Gasteiger charge is -2.16. The molecule has 0 atom stereocenters. The highest BCUT2D eigenvalue weighted by Gasteiger charge is 2.32. The van der Waals surface area contributed by atoms with Crippen molar-refractivity contribution in [3.63, 3.8) is 0 Å². The monoisotopic (exact) mass is 223 g/mol. The molecule has 0 fully saturated rings. The molecule has 1 aromatic carbocycles. The standard InChI is InChI=1S/C12H17NOS/c1-12(2)14-11-9(7-8-13-3)5-4-6-10(11)15-12/h4-6,13H,7-8H2,1-3H3. The SMILES string of the molecule is CNCCc1cccc2c1OC(C)(C)S2. The highest BCUT2D eigenvalue weighted by atomic mass is 32.2. The van der Waals surface area contributed by atoms with E-state index in [-0.39, 0.29) is 4.93 Å². The average Bonchev–Trinajstić information content (AvgIpc) is 2.49. The Labute approximate surface area is 95.4 Å². The summed E-state index contributed by atoms with van der Waals surface area (Å²) in [5.74, 6) is 1.09. The lowest BCUT2D eigenvalue weighted by molar-refractivity contribution is 0.212. The first-order valence-corrected chi connectivity index (χ1v) is 6.08. The maximum absolute atomic E-state index is 5.96. The molecule has 2 nitrogen and oxygen atoms in total. The van der Waals surface area contributed by atoms with Gasteiger partial charge in [-0.3, -0.25) is 0 Å². The van der Waals surface area contributed by atoms with Gasteiger partial charge in [-0.1, -0.05) is 23.9 Å². The quantitative estimate of drug-likeness (QED) is 0.851. The molecule has 0 spiro atoms. The van der Waals surface area contributed by atoms with Gasteiger partial charge in [-0.25, -0.2) is 0 Å². The topological polar surface area (TPSA) is 21.3 Å². The second-order valence-corrected chi connectivity index (χ2v) is 5.83. The molecular weight excluding hydrogens is 206 g/mol. The summed E-state index contributed by atoms with van der Waals surface area (Å²) in [6, 6.07) is 6.40. The summed E-state index contributed by atoms with van der Waals surface area (Å²) in [6.45, 7) is 5.21. The number of hydrogen-bond donors (Lipinski definition) is 1. The molecule has 0 bridgehead atoms. The second-order valence-electron chi connectivity index (χ2n) is 4.20. The molecule has 15 heavy (non-hydrogen) atoms. The Bertz CT molecular complexity index is 363. The molecule has 82 valence electrons. The molecule has 1 heterocycles. The molecule has 0 saturated heterocycles. The molecule has 2 rings (SSSR count). The second kappa shape index (κ2) is 4.06. The largest absolute Gasteiger partial charge is 0.475 e. The third-order valence-electron chi connectivity index (χ3n) is 2.41. The first-order valence-electron chi connectivity index (χ1n) is 5.27. The van der Waals surface area contributed by atoms with E-state index in [1.165, 1.54) is 10.5 Å². The van der Waals surface area contributed by atoms with E-state index in [9.17, 15) is 0 Å². The number of ether oxygens (including phenoxy) is 1. The van der Waals surface area contributed by atoms with Crippen molar-refractivity contribution in [2.24, 2.45) is 0 Å². The molecule has 1 aromatic rings. The van der Waals surface area contributed by atoms with Gasteiger partial charge in [-0.2, -0.15) is 0 Å². The number of likely N-dealkylation sites (N-methyl/N-ethyl adjacent to an activating group) is 1. The number of thioether (sulfide) groups is 1. The van der Waals surface area contributed by atoms with Crippen LogP contribution in [0.3, 0.4) is 0 Å². The van der Waals surface area contributed by atoms with Gasteiger partial charge in [0.15, 0.2) is 4.93 Å².